The Labute approximate surface area is 125 Å². The van der Waals surface area contributed by atoms with Crippen LogP contribution in [0.15, 0.2) is 11.6 Å². The number of carbonyl (C=O) groups is 1. The summed E-state index contributed by atoms with van der Waals surface area (Å²) in [5.41, 5.74) is 3.20. The van der Waals surface area contributed by atoms with Gasteiger partial charge in [0, 0.05) is 31.1 Å². The van der Waals surface area contributed by atoms with E-state index in [1.165, 1.54) is 0 Å². The maximum atomic E-state index is 12.0. The third-order valence-electron chi connectivity index (χ3n) is 3.71. The van der Waals surface area contributed by atoms with E-state index in [1.807, 2.05) is 26.0 Å². The lowest BCUT2D eigenvalue weighted by Gasteiger charge is -2.08. The van der Waals surface area contributed by atoms with Gasteiger partial charge in [-0.1, -0.05) is 0 Å². The van der Waals surface area contributed by atoms with Gasteiger partial charge >= 0.3 is 0 Å². The second-order valence-electron chi connectivity index (χ2n) is 5.39. The molecule has 0 aromatic carbocycles. The molecule has 0 bridgehead atoms. The van der Waals surface area contributed by atoms with Crippen LogP contribution < -0.4 is 5.32 Å². The van der Waals surface area contributed by atoms with Crippen LogP contribution in [0.1, 0.15) is 29.8 Å². The number of ether oxygens (including phenoxy) is 1. The maximum absolute atomic E-state index is 12.0. The molecule has 0 spiro atoms. The molecule has 21 heavy (non-hydrogen) atoms. The van der Waals surface area contributed by atoms with Crippen LogP contribution in [0.4, 0.5) is 0 Å². The lowest BCUT2D eigenvalue weighted by molar-refractivity contribution is -0.117. The van der Waals surface area contributed by atoms with Crippen molar-refractivity contribution in [1.29, 1.82) is 5.26 Å². The van der Waals surface area contributed by atoms with Gasteiger partial charge in [0.2, 0.25) is 0 Å². The van der Waals surface area contributed by atoms with E-state index < -0.39 is 0 Å². The van der Waals surface area contributed by atoms with Gasteiger partial charge in [0.05, 0.1) is 6.61 Å². The van der Waals surface area contributed by atoms with E-state index in [0.29, 0.717) is 6.61 Å². The third kappa shape index (κ3) is 3.73. The number of nitriles is 1. The van der Waals surface area contributed by atoms with Gasteiger partial charge in [0.1, 0.15) is 11.6 Å². The van der Waals surface area contributed by atoms with Crippen LogP contribution in [0.3, 0.4) is 0 Å². The molecule has 1 fully saturated rings. The van der Waals surface area contributed by atoms with Crippen molar-refractivity contribution in [3.63, 3.8) is 0 Å². The van der Waals surface area contributed by atoms with Crippen LogP contribution in [-0.4, -0.2) is 30.2 Å². The van der Waals surface area contributed by atoms with Crippen LogP contribution in [0.25, 0.3) is 6.08 Å². The Morgan fingerprint density at radius 3 is 2.86 bits per heavy atom. The highest BCUT2D eigenvalue weighted by molar-refractivity contribution is 6.02. The molecule has 1 saturated carbocycles. The van der Waals surface area contributed by atoms with Gasteiger partial charge in [-0.05, 0) is 44.4 Å². The molecular formula is C16H21N3O2. The first-order chi connectivity index (χ1) is 10.1. The molecule has 1 aromatic heterocycles. The number of nitrogens with one attached hydrogen (secondary N) is 1. The number of rotatable bonds is 6. The highest BCUT2D eigenvalue weighted by Crippen LogP contribution is 2.21. The molecule has 1 aliphatic rings. The summed E-state index contributed by atoms with van der Waals surface area (Å²) in [4.78, 5) is 12.0. The zero-order valence-electron chi connectivity index (χ0n) is 12.8. The predicted octanol–water partition coefficient (Wildman–Crippen LogP) is 1.94. The van der Waals surface area contributed by atoms with Crippen molar-refractivity contribution in [3.05, 3.63) is 28.6 Å². The van der Waals surface area contributed by atoms with Gasteiger partial charge in [0.25, 0.3) is 5.91 Å². The maximum Gasteiger partial charge on any atom is 0.262 e. The summed E-state index contributed by atoms with van der Waals surface area (Å²) in [6.07, 6.45) is 3.69. The number of aromatic nitrogens is 1. The van der Waals surface area contributed by atoms with Gasteiger partial charge in [-0.3, -0.25) is 4.79 Å². The number of hydrogen-bond donors (Lipinski definition) is 1. The average molecular weight is 287 g/mol. The summed E-state index contributed by atoms with van der Waals surface area (Å²) in [6, 6.07) is 4.24. The summed E-state index contributed by atoms with van der Waals surface area (Å²) in [7, 11) is 1.67. The first-order valence-corrected chi connectivity index (χ1v) is 7.15. The molecule has 5 heteroatoms. The van der Waals surface area contributed by atoms with Crippen molar-refractivity contribution < 1.29 is 9.53 Å². The molecule has 1 heterocycles. The lowest BCUT2D eigenvalue weighted by atomic mass is 10.1. The summed E-state index contributed by atoms with van der Waals surface area (Å²) in [5.74, 6) is -0.276. The van der Waals surface area contributed by atoms with Crippen molar-refractivity contribution in [3.8, 4) is 6.07 Å². The summed E-state index contributed by atoms with van der Waals surface area (Å²) in [6.45, 7) is 5.39. The molecule has 1 aliphatic carbocycles. The van der Waals surface area contributed by atoms with E-state index in [1.54, 1.807) is 13.2 Å². The Kier molecular flexibility index (Phi) is 4.81. The molecular weight excluding hydrogens is 266 g/mol. The van der Waals surface area contributed by atoms with Gasteiger partial charge in [-0.2, -0.15) is 5.26 Å². The second-order valence-corrected chi connectivity index (χ2v) is 5.39. The number of aryl methyl sites for hydroxylation is 1. The highest BCUT2D eigenvalue weighted by atomic mass is 16.5. The minimum absolute atomic E-state index is 0.161. The zero-order valence-corrected chi connectivity index (χ0v) is 12.8. The fraction of sp³-hybridized carbons (Fsp3) is 0.500. The van der Waals surface area contributed by atoms with Crippen LogP contribution in [0.2, 0.25) is 0 Å². The minimum atomic E-state index is -0.276. The first kappa shape index (κ1) is 15.3. The smallest absolute Gasteiger partial charge is 0.262 e. The molecule has 0 saturated heterocycles. The van der Waals surface area contributed by atoms with Crippen LogP contribution >= 0.6 is 0 Å². The molecule has 0 unspecified atom stereocenters. The molecule has 0 radical (unpaired) electrons. The van der Waals surface area contributed by atoms with E-state index in [-0.39, 0.29) is 17.5 Å². The lowest BCUT2D eigenvalue weighted by Crippen LogP contribution is -2.26. The van der Waals surface area contributed by atoms with E-state index in [4.69, 9.17) is 4.74 Å². The largest absolute Gasteiger partial charge is 0.383 e. The molecule has 0 atom stereocenters. The predicted molar refractivity (Wildman–Crippen MR) is 80.5 cm³/mol. The van der Waals surface area contributed by atoms with Gasteiger partial charge in [-0.25, -0.2) is 0 Å². The van der Waals surface area contributed by atoms with Crippen molar-refractivity contribution in [2.24, 2.45) is 0 Å². The molecule has 5 nitrogen and oxygen atoms in total. The number of amides is 1. The Bertz CT molecular complexity index is 604. The Morgan fingerprint density at radius 2 is 2.29 bits per heavy atom. The van der Waals surface area contributed by atoms with Gasteiger partial charge in [-0.15, -0.1) is 0 Å². The monoisotopic (exact) mass is 287 g/mol. The quantitative estimate of drug-likeness (QED) is 0.642. The van der Waals surface area contributed by atoms with Crippen LogP contribution in [-0.2, 0) is 16.1 Å². The van der Waals surface area contributed by atoms with E-state index in [9.17, 15) is 10.1 Å². The van der Waals surface area contributed by atoms with Crippen molar-refractivity contribution in [2.45, 2.75) is 39.3 Å². The van der Waals surface area contributed by atoms with Crippen LogP contribution in [0, 0.1) is 25.2 Å². The first-order valence-electron chi connectivity index (χ1n) is 7.15. The molecule has 1 aromatic rings. The number of methoxy groups -OCH3 is 1. The summed E-state index contributed by atoms with van der Waals surface area (Å²) in [5, 5.41) is 12.0. The number of hydrogen-bond acceptors (Lipinski definition) is 3. The van der Waals surface area contributed by atoms with E-state index >= 15 is 0 Å². The van der Waals surface area contributed by atoms with E-state index in [2.05, 4.69) is 9.88 Å². The second kappa shape index (κ2) is 6.59. The fourth-order valence-corrected chi connectivity index (χ4v) is 2.30. The highest BCUT2D eigenvalue weighted by Gasteiger charge is 2.24. The average Bonchev–Trinajstić information content (AvgIpc) is 3.22. The van der Waals surface area contributed by atoms with Gasteiger partial charge in [0.15, 0.2) is 0 Å². The number of nitrogens with zero attached hydrogens (tertiary/aromatic N) is 2. The Hall–Kier alpha value is -2.06. The summed E-state index contributed by atoms with van der Waals surface area (Å²) >= 11 is 0. The SMILES string of the molecule is COCCn1c(C)cc(/C=C(\C#N)C(=O)NC2CC2)c1C. The molecule has 1 N–H and O–H groups in total. The zero-order chi connectivity index (χ0) is 15.4. The van der Waals surface area contributed by atoms with E-state index in [0.717, 1.165) is 36.3 Å². The Balaban J connectivity index is 2.21. The van der Waals surface area contributed by atoms with Crippen molar-refractivity contribution in [2.75, 3.05) is 13.7 Å². The Morgan fingerprint density at radius 1 is 1.57 bits per heavy atom. The van der Waals surface area contributed by atoms with Crippen LogP contribution in [0.5, 0.6) is 0 Å². The third-order valence-corrected chi connectivity index (χ3v) is 3.71. The van der Waals surface area contributed by atoms with Crippen molar-refractivity contribution >= 4 is 12.0 Å². The molecule has 1 amide bonds. The standard InChI is InChI=1S/C16H21N3O2/c1-11-8-13(12(2)19(11)6-7-21-3)9-14(10-17)16(20)18-15-4-5-15/h8-9,15H,4-7H2,1-3H3,(H,18,20)/b14-9+. The molecule has 112 valence electrons. The normalized spacial score (nSPS) is 14.9. The van der Waals surface area contributed by atoms with Gasteiger partial charge < -0.3 is 14.6 Å². The number of carbonyl (C=O) groups excluding carboxylic acids is 1. The fourth-order valence-electron chi connectivity index (χ4n) is 2.30. The minimum Gasteiger partial charge on any atom is -0.383 e. The summed E-state index contributed by atoms with van der Waals surface area (Å²) < 4.78 is 7.23. The topological polar surface area (TPSA) is 67.0 Å². The molecule has 0 aliphatic heterocycles. The molecule has 2 rings (SSSR count). The van der Waals surface area contributed by atoms with Crippen molar-refractivity contribution in [1.82, 2.24) is 9.88 Å².